The maximum Gasteiger partial charge on any atom is 0.221 e. The van der Waals surface area contributed by atoms with Crippen molar-refractivity contribution >= 4 is 11.8 Å². The van der Waals surface area contributed by atoms with E-state index in [1.807, 2.05) is 0 Å². The number of nitrogens with one attached hydrogen (secondary N) is 4. The molecule has 0 unspecified atom stereocenters. The summed E-state index contributed by atoms with van der Waals surface area (Å²) in [6.45, 7) is 10.1. The Balaban J connectivity index is 3.21. The molecule has 0 fully saturated rings. The molecule has 0 bridgehead atoms. The highest BCUT2D eigenvalue weighted by Crippen LogP contribution is 2.14. The third-order valence-corrected chi connectivity index (χ3v) is 10.7. The summed E-state index contributed by atoms with van der Waals surface area (Å²) in [6.07, 6.45) is 46.4. The van der Waals surface area contributed by atoms with E-state index >= 15 is 0 Å². The van der Waals surface area contributed by atoms with Gasteiger partial charge in [-0.1, -0.05) is 194 Å². The monoisotopic (exact) mass is 735 g/mol. The van der Waals surface area contributed by atoms with Crippen molar-refractivity contribution in [2.45, 2.75) is 245 Å². The second-order valence-corrected chi connectivity index (χ2v) is 16.0. The molecular formula is C46H94N4O2. The minimum atomic E-state index is 0.187. The van der Waals surface area contributed by atoms with Gasteiger partial charge in [0.2, 0.25) is 11.8 Å². The molecule has 6 heteroatoms. The van der Waals surface area contributed by atoms with Crippen molar-refractivity contribution in [1.29, 1.82) is 0 Å². The molecule has 0 spiro atoms. The van der Waals surface area contributed by atoms with Crippen LogP contribution >= 0.6 is 0 Å². The fraction of sp³-hybridized carbons (Fsp3) is 0.957. The van der Waals surface area contributed by atoms with Gasteiger partial charge in [-0.3, -0.25) is 9.59 Å². The molecule has 2 amide bonds. The van der Waals surface area contributed by atoms with Gasteiger partial charge in [-0.05, 0) is 58.2 Å². The number of amides is 2. The molecule has 0 atom stereocenters. The molecule has 0 radical (unpaired) electrons. The van der Waals surface area contributed by atoms with Gasteiger partial charge in [0.1, 0.15) is 0 Å². The summed E-state index contributed by atoms with van der Waals surface area (Å²) in [4.78, 5) is 24.2. The quantitative estimate of drug-likeness (QED) is 0.0470. The lowest BCUT2D eigenvalue weighted by atomic mass is 10.0. The van der Waals surface area contributed by atoms with Crippen LogP contribution in [0.3, 0.4) is 0 Å². The average Bonchev–Trinajstić information content (AvgIpc) is 3.14. The molecule has 0 aliphatic rings. The van der Waals surface area contributed by atoms with Crippen molar-refractivity contribution in [3.63, 3.8) is 0 Å². The van der Waals surface area contributed by atoms with Gasteiger partial charge in [-0.25, -0.2) is 0 Å². The first kappa shape index (κ1) is 50.9. The summed E-state index contributed by atoms with van der Waals surface area (Å²) >= 11 is 0. The zero-order valence-electron chi connectivity index (χ0n) is 35.5. The zero-order valence-corrected chi connectivity index (χ0v) is 35.5. The highest BCUT2D eigenvalue weighted by molar-refractivity contribution is 5.76. The Morgan fingerprint density at radius 3 is 0.885 bits per heavy atom. The normalized spacial score (nSPS) is 11.3. The van der Waals surface area contributed by atoms with E-state index in [9.17, 15) is 9.59 Å². The first-order valence-corrected chi connectivity index (χ1v) is 23.7. The van der Waals surface area contributed by atoms with Crippen molar-refractivity contribution in [3.05, 3.63) is 0 Å². The molecule has 0 aromatic carbocycles. The van der Waals surface area contributed by atoms with E-state index in [1.165, 1.54) is 180 Å². The van der Waals surface area contributed by atoms with Gasteiger partial charge in [-0.15, -0.1) is 0 Å². The topological polar surface area (TPSA) is 82.3 Å². The summed E-state index contributed by atoms with van der Waals surface area (Å²) in [6, 6.07) is 0. The minimum absolute atomic E-state index is 0.187. The summed E-state index contributed by atoms with van der Waals surface area (Å²) in [7, 11) is 0. The lowest BCUT2D eigenvalue weighted by Gasteiger charge is -2.08. The second kappa shape index (κ2) is 46.0. The van der Waals surface area contributed by atoms with E-state index in [2.05, 4.69) is 35.1 Å². The van der Waals surface area contributed by atoms with Crippen molar-refractivity contribution in [2.24, 2.45) is 0 Å². The highest BCUT2D eigenvalue weighted by Gasteiger charge is 2.02. The molecule has 0 saturated carbocycles. The number of unbranched alkanes of at least 4 members (excludes halogenated alkanes) is 30. The van der Waals surface area contributed by atoms with Crippen LogP contribution in [0.5, 0.6) is 0 Å². The van der Waals surface area contributed by atoms with Gasteiger partial charge in [0, 0.05) is 32.5 Å². The fourth-order valence-corrected chi connectivity index (χ4v) is 7.11. The first-order chi connectivity index (χ1) is 25.7. The molecule has 0 aliphatic heterocycles. The second-order valence-electron chi connectivity index (χ2n) is 16.0. The smallest absolute Gasteiger partial charge is 0.221 e. The van der Waals surface area contributed by atoms with Crippen LogP contribution in [-0.4, -0.2) is 51.1 Å². The van der Waals surface area contributed by atoms with Gasteiger partial charge in [0.05, 0.1) is 0 Å². The SMILES string of the molecule is CCCCCCCCCCCCCCCCNC(=O)CCCCCNCCCCCNCCC(=O)NCCCCCCCCCCCCCCCC. The standard InChI is InChI=1S/C46H94N4O2/c1-3-5-7-9-11-13-15-17-19-21-23-25-27-35-42-49-45(51)37-31-29-32-39-47-40-33-30-34-41-48-44-38-46(52)50-43-36-28-26-24-22-20-18-16-14-12-10-8-6-4-2/h47-48H,3-44H2,1-2H3,(H,49,51)(H,50,52). The van der Waals surface area contributed by atoms with E-state index in [0.29, 0.717) is 12.8 Å². The summed E-state index contributed by atoms with van der Waals surface area (Å²) in [5.41, 5.74) is 0. The number of hydrogen-bond acceptors (Lipinski definition) is 4. The van der Waals surface area contributed by atoms with Gasteiger partial charge >= 0.3 is 0 Å². The van der Waals surface area contributed by atoms with Gasteiger partial charge in [-0.2, -0.15) is 0 Å². The maximum atomic E-state index is 12.1. The Morgan fingerprint density at radius 2 is 0.519 bits per heavy atom. The lowest BCUT2D eigenvalue weighted by Crippen LogP contribution is -2.28. The van der Waals surface area contributed by atoms with Crippen LogP contribution in [0.1, 0.15) is 245 Å². The van der Waals surface area contributed by atoms with E-state index in [4.69, 9.17) is 0 Å². The Labute approximate surface area is 326 Å². The maximum absolute atomic E-state index is 12.1. The Morgan fingerprint density at radius 1 is 0.269 bits per heavy atom. The van der Waals surface area contributed by atoms with Crippen LogP contribution in [0.4, 0.5) is 0 Å². The molecule has 52 heavy (non-hydrogen) atoms. The molecule has 0 heterocycles. The van der Waals surface area contributed by atoms with Gasteiger partial charge < -0.3 is 21.3 Å². The van der Waals surface area contributed by atoms with Crippen LogP contribution < -0.4 is 21.3 Å². The van der Waals surface area contributed by atoms with Crippen molar-refractivity contribution < 1.29 is 9.59 Å². The zero-order chi connectivity index (χ0) is 37.7. The molecule has 0 aromatic heterocycles. The number of carbonyl (C=O) groups excluding carboxylic acids is 2. The predicted octanol–water partition coefficient (Wildman–Crippen LogP) is 12.5. The molecule has 310 valence electrons. The fourth-order valence-electron chi connectivity index (χ4n) is 7.11. The molecule has 0 aliphatic carbocycles. The Hall–Kier alpha value is -1.14. The van der Waals surface area contributed by atoms with E-state index in [-0.39, 0.29) is 11.8 Å². The molecule has 4 N–H and O–H groups in total. The van der Waals surface area contributed by atoms with Crippen molar-refractivity contribution in [1.82, 2.24) is 21.3 Å². The van der Waals surface area contributed by atoms with Crippen LogP contribution in [-0.2, 0) is 9.59 Å². The van der Waals surface area contributed by atoms with Crippen molar-refractivity contribution in [3.8, 4) is 0 Å². The van der Waals surface area contributed by atoms with E-state index < -0.39 is 0 Å². The predicted molar refractivity (Wildman–Crippen MR) is 229 cm³/mol. The van der Waals surface area contributed by atoms with E-state index in [1.54, 1.807) is 0 Å². The Kier molecular flexibility index (Phi) is 45.0. The first-order valence-electron chi connectivity index (χ1n) is 23.7. The molecule has 0 saturated heterocycles. The number of carbonyl (C=O) groups is 2. The number of rotatable bonds is 45. The molecular weight excluding hydrogens is 641 g/mol. The van der Waals surface area contributed by atoms with Crippen LogP contribution in [0, 0.1) is 0 Å². The van der Waals surface area contributed by atoms with E-state index in [0.717, 1.165) is 77.8 Å². The summed E-state index contributed by atoms with van der Waals surface area (Å²) in [5.74, 6) is 0.421. The number of hydrogen-bond donors (Lipinski definition) is 4. The highest BCUT2D eigenvalue weighted by atomic mass is 16.2. The van der Waals surface area contributed by atoms with Crippen LogP contribution in [0.25, 0.3) is 0 Å². The van der Waals surface area contributed by atoms with Gasteiger partial charge in [0.15, 0.2) is 0 Å². The van der Waals surface area contributed by atoms with Crippen LogP contribution in [0.2, 0.25) is 0 Å². The summed E-state index contributed by atoms with van der Waals surface area (Å²) in [5, 5.41) is 13.2. The third kappa shape index (κ3) is 45.0. The minimum Gasteiger partial charge on any atom is -0.356 e. The third-order valence-electron chi connectivity index (χ3n) is 10.7. The molecule has 0 rings (SSSR count). The molecule has 6 nitrogen and oxygen atoms in total. The molecule has 0 aromatic rings. The lowest BCUT2D eigenvalue weighted by molar-refractivity contribution is -0.121. The van der Waals surface area contributed by atoms with Crippen molar-refractivity contribution in [2.75, 3.05) is 39.3 Å². The largest absolute Gasteiger partial charge is 0.356 e. The van der Waals surface area contributed by atoms with Crippen LogP contribution in [0.15, 0.2) is 0 Å². The summed E-state index contributed by atoms with van der Waals surface area (Å²) < 4.78 is 0. The Bertz CT molecular complexity index is 646. The average molecular weight is 735 g/mol. The van der Waals surface area contributed by atoms with Gasteiger partial charge in [0.25, 0.3) is 0 Å².